The third-order valence-corrected chi connectivity index (χ3v) is 5.06. The van der Waals surface area contributed by atoms with Crippen LogP contribution in [0, 0.1) is 5.82 Å². The molecule has 2 aromatic carbocycles. The molecule has 1 amide bonds. The first kappa shape index (κ1) is 17.4. The van der Waals surface area contributed by atoms with E-state index >= 15 is 0 Å². The highest BCUT2D eigenvalue weighted by Gasteiger charge is 2.33. The summed E-state index contributed by atoms with van der Waals surface area (Å²) >= 11 is 0. The van der Waals surface area contributed by atoms with Gasteiger partial charge in [-0.05, 0) is 29.8 Å². The third kappa shape index (κ3) is 4.55. The van der Waals surface area contributed by atoms with Crippen molar-refractivity contribution < 1.29 is 22.3 Å². The number of nitrogens with one attached hydrogen (secondary N) is 1. The number of rotatable bonds is 6. The number of hydrogen-bond acceptors (Lipinski definition) is 4. The first-order chi connectivity index (χ1) is 11.9. The van der Waals surface area contributed by atoms with E-state index in [0.29, 0.717) is 11.3 Å². The van der Waals surface area contributed by atoms with Crippen molar-refractivity contribution in [3.63, 3.8) is 0 Å². The van der Waals surface area contributed by atoms with Crippen LogP contribution in [-0.4, -0.2) is 33.7 Å². The molecule has 1 heterocycles. The summed E-state index contributed by atoms with van der Waals surface area (Å²) in [5.41, 5.74) is 1.17. The fourth-order valence-electron chi connectivity index (χ4n) is 2.52. The van der Waals surface area contributed by atoms with Gasteiger partial charge in [-0.3, -0.25) is 4.90 Å². The minimum atomic E-state index is -3.54. The van der Waals surface area contributed by atoms with E-state index in [1.165, 1.54) is 29.2 Å². The van der Waals surface area contributed by atoms with Crippen molar-refractivity contribution >= 4 is 21.8 Å². The molecule has 1 fully saturated rings. The lowest BCUT2D eigenvalue weighted by Gasteiger charge is -2.13. The number of nitrogens with zero attached hydrogens (tertiary/aromatic N) is 1. The second-order valence-electron chi connectivity index (χ2n) is 5.69. The predicted molar refractivity (Wildman–Crippen MR) is 91.1 cm³/mol. The Morgan fingerprint density at radius 1 is 1.12 bits per heavy atom. The lowest BCUT2D eigenvalue weighted by Crippen LogP contribution is -2.35. The number of benzene rings is 2. The molecule has 1 aliphatic rings. The molecule has 1 N–H and O–H groups in total. The number of halogens is 1. The van der Waals surface area contributed by atoms with Crippen molar-refractivity contribution in [2.75, 3.05) is 18.0 Å². The molecular weight excluding hydrogens is 347 g/mol. The number of hydrogen-bond donors (Lipinski definition) is 1. The summed E-state index contributed by atoms with van der Waals surface area (Å²) in [5, 5.41) is 0. The lowest BCUT2D eigenvalue weighted by atomic mass is 10.2. The molecule has 2 aromatic rings. The van der Waals surface area contributed by atoms with Gasteiger partial charge < -0.3 is 4.74 Å². The van der Waals surface area contributed by atoms with Crippen molar-refractivity contribution in [1.29, 1.82) is 0 Å². The molecule has 1 unspecified atom stereocenters. The topological polar surface area (TPSA) is 75.7 Å². The molecule has 3 rings (SSSR count). The Kier molecular flexibility index (Phi) is 5.00. The van der Waals surface area contributed by atoms with Gasteiger partial charge in [0.05, 0.1) is 12.3 Å². The third-order valence-electron chi connectivity index (χ3n) is 3.74. The predicted octanol–water partition coefficient (Wildman–Crippen LogP) is 2.27. The number of carbonyl (C=O) groups excluding carboxylic acids is 1. The molecule has 1 atom stereocenters. The average Bonchev–Trinajstić information content (AvgIpc) is 2.95. The largest absolute Gasteiger partial charge is 0.443 e. The van der Waals surface area contributed by atoms with E-state index in [9.17, 15) is 17.6 Å². The number of amides is 1. The molecule has 1 saturated heterocycles. The molecule has 0 spiro atoms. The van der Waals surface area contributed by atoms with Crippen LogP contribution in [0.1, 0.15) is 5.56 Å². The van der Waals surface area contributed by atoms with Crippen LogP contribution >= 0.6 is 0 Å². The van der Waals surface area contributed by atoms with Crippen LogP contribution in [0.3, 0.4) is 0 Å². The quantitative estimate of drug-likeness (QED) is 0.853. The highest BCUT2D eigenvalue weighted by Crippen LogP contribution is 2.21. The van der Waals surface area contributed by atoms with Gasteiger partial charge in [0.25, 0.3) is 0 Å². The maximum absolute atomic E-state index is 13.0. The van der Waals surface area contributed by atoms with Crippen molar-refractivity contribution in [3.8, 4) is 0 Å². The van der Waals surface area contributed by atoms with Crippen molar-refractivity contribution in [2.24, 2.45) is 0 Å². The van der Waals surface area contributed by atoms with E-state index in [1.807, 2.05) is 6.07 Å². The maximum atomic E-state index is 13.0. The zero-order valence-electron chi connectivity index (χ0n) is 13.3. The standard InChI is InChI=1S/C17H17FN2O4S/c18-14-6-8-15(9-7-14)20-11-16(24-17(20)21)10-19-25(22,23)12-13-4-2-1-3-5-13/h1-9,16,19H,10-12H2. The second kappa shape index (κ2) is 7.20. The van der Waals surface area contributed by atoms with Crippen LogP contribution in [0.15, 0.2) is 54.6 Å². The van der Waals surface area contributed by atoms with E-state index in [1.54, 1.807) is 24.3 Å². The number of anilines is 1. The number of cyclic esters (lactones) is 1. The van der Waals surface area contributed by atoms with Crippen molar-refractivity contribution in [3.05, 3.63) is 66.0 Å². The molecule has 25 heavy (non-hydrogen) atoms. The second-order valence-corrected chi connectivity index (χ2v) is 7.49. The molecule has 132 valence electrons. The minimum Gasteiger partial charge on any atom is -0.443 e. The highest BCUT2D eigenvalue weighted by atomic mass is 32.2. The van der Waals surface area contributed by atoms with Gasteiger partial charge in [-0.1, -0.05) is 30.3 Å². The Hall–Kier alpha value is -2.45. The smallest absolute Gasteiger partial charge is 0.414 e. The molecule has 0 aliphatic carbocycles. The SMILES string of the molecule is O=C1OC(CNS(=O)(=O)Cc2ccccc2)CN1c1ccc(F)cc1. The van der Waals surface area contributed by atoms with Gasteiger partial charge in [-0.15, -0.1) is 0 Å². The van der Waals surface area contributed by atoms with E-state index in [0.717, 1.165) is 0 Å². The average molecular weight is 364 g/mol. The van der Waals surface area contributed by atoms with E-state index < -0.39 is 28.0 Å². The lowest BCUT2D eigenvalue weighted by molar-refractivity contribution is 0.143. The summed E-state index contributed by atoms with van der Waals surface area (Å²) in [5.74, 6) is -0.544. The fourth-order valence-corrected chi connectivity index (χ4v) is 3.70. The van der Waals surface area contributed by atoms with Gasteiger partial charge in [0, 0.05) is 12.2 Å². The van der Waals surface area contributed by atoms with Gasteiger partial charge in [-0.2, -0.15) is 0 Å². The Balaban J connectivity index is 1.57. The van der Waals surface area contributed by atoms with Gasteiger partial charge in [0.2, 0.25) is 10.0 Å². The first-order valence-corrected chi connectivity index (χ1v) is 9.33. The molecule has 0 bridgehead atoms. The normalized spacial score (nSPS) is 17.6. The van der Waals surface area contributed by atoms with E-state index in [4.69, 9.17) is 4.74 Å². The molecule has 1 aliphatic heterocycles. The van der Waals surface area contributed by atoms with E-state index in [-0.39, 0.29) is 18.8 Å². The number of ether oxygens (including phenoxy) is 1. The van der Waals surface area contributed by atoms with Crippen LogP contribution in [0.5, 0.6) is 0 Å². The summed E-state index contributed by atoms with van der Waals surface area (Å²) in [6.45, 7) is 0.178. The molecular formula is C17H17FN2O4S. The van der Waals surface area contributed by atoms with Crippen LogP contribution in [0.25, 0.3) is 0 Å². The highest BCUT2D eigenvalue weighted by molar-refractivity contribution is 7.88. The van der Waals surface area contributed by atoms with Gasteiger partial charge in [0.15, 0.2) is 0 Å². The Morgan fingerprint density at radius 2 is 1.80 bits per heavy atom. The monoisotopic (exact) mass is 364 g/mol. The van der Waals surface area contributed by atoms with Gasteiger partial charge in [-0.25, -0.2) is 22.3 Å². The Labute approximate surface area is 145 Å². The van der Waals surface area contributed by atoms with Gasteiger partial charge in [0.1, 0.15) is 11.9 Å². The van der Waals surface area contributed by atoms with Gasteiger partial charge >= 0.3 is 6.09 Å². The summed E-state index contributed by atoms with van der Waals surface area (Å²) in [4.78, 5) is 13.3. The molecule has 0 saturated carbocycles. The van der Waals surface area contributed by atoms with E-state index in [2.05, 4.69) is 4.72 Å². The summed E-state index contributed by atoms with van der Waals surface area (Å²) in [6.07, 6.45) is -1.19. The van der Waals surface area contributed by atoms with Crippen LogP contribution < -0.4 is 9.62 Å². The summed E-state index contributed by atoms with van der Waals surface area (Å²) in [6, 6.07) is 14.2. The fraction of sp³-hybridized carbons (Fsp3) is 0.235. The maximum Gasteiger partial charge on any atom is 0.414 e. The Morgan fingerprint density at radius 3 is 2.48 bits per heavy atom. The van der Waals surface area contributed by atoms with Crippen molar-refractivity contribution in [2.45, 2.75) is 11.9 Å². The van der Waals surface area contributed by atoms with Crippen LogP contribution in [-0.2, 0) is 20.5 Å². The Bertz CT molecular complexity index is 841. The number of carbonyl (C=O) groups is 1. The zero-order chi connectivity index (χ0) is 17.9. The summed E-state index contributed by atoms with van der Waals surface area (Å²) < 4.78 is 44.8. The molecule has 0 aromatic heterocycles. The summed E-state index contributed by atoms with van der Waals surface area (Å²) in [7, 11) is -3.54. The molecule has 8 heteroatoms. The van der Waals surface area contributed by atoms with Crippen LogP contribution in [0.4, 0.5) is 14.9 Å². The minimum absolute atomic E-state index is 0.0153. The molecule has 0 radical (unpaired) electrons. The number of sulfonamides is 1. The van der Waals surface area contributed by atoms with Crippen molar-refractivity contribution in [1.82, 2.24) is 4.72 Å². The van der Waals surface area contributed by atoms with Crippen LogP contribution in [0.2, 0.25) is 0 Å². The zero-order valence-corrected chi connectivity index (χ0v) is 14.1. The first-order valence-electron chi connectivity index (χ1n) is 7.68. The molecule has 6 nitrogen and oxygen atoms in total.